The number of amides is 1. The Hall–Kier alpha value is -3.65. The van der Waals surface area contributed by atoms with Crippen molar-refractivity contribution < 1.29 is 18.7 Å². The summed E-state index contributed by atoms with van der Waals surface area (Å²) in [6.45, 7) is 0.0637. The van der Waals surface area contributed by atoms with E-state index >= 15 is 0 Å². The largest absolute Gasteiger partial charge is 0.391 e. The predicted octanol–water partition coefficient (Wildman–Crippen LogP) is 2.68. The van der Waals surface area contributed by atoms with Crippen LogP contribution in [0.15, 0.2) is 24.5 Å². The van der Waals surface area contributed by atoms with E-state index in [9.17, 15) is 23.9 Å². The van der Waals surface area contributed by atoms with Crippen LogP contribution in [0.25, 0.3) is 11.0 Å². The maximum atomic E-state index is 14.6. The molecule has 2 fully saturated rings. The second-order valence-corrected chi connectivity index (χ2v) is 8.47. The van der Waals surface area contributed by atoms with E-state index < -0.39 is 35.6 Å². The van der Waals surface area contributed by atoms with Gasteiger partial charge in [0.05, 0.1) is 35.6 Å². The van der Waals surface area contributed by atoms with Crippen LogP contribution in [0.3, 0.4) is 0 Å². The number of benzene rings is 1. The van der Waals surface area contributed by atoms with Gasteiger partial charge in [-0.2, -0.15) is 10.4 Å². The van der Waals surface area contributed by atoms with Crippen molar-refractivity contribution >= 4 is 22.8 Å². The molecule has 5 rings (SSSR count). The lowest BCUT2D eigenvalue weighted by molar-refractivity contribution is 0.0727. The van der Waals surface area contributed by atoms with Crippen molar-refractivity contribution in [3.63, 3.8) is 0 Å². The zero-order valence-electron chi connectivity index (χ0n) is 17.5. The number of rotatable bonds is 4. The van der Waals surface area contributed by atoms with E-state index in [1.807, 2.05) is 0 Å². The van der Waals surface area contributed by atoms with Crippen molar-refractivity contribution in [3.05, 3.63) is 47.4 Å². The Morgan fingerprint density at radius 2 is 2.15 bits per heavy atom. The molecular weight excluding hydrogens is 432 g/mol. The van der Waals surface area contributed by atoms with Crippen molar-refractivity contribution in [2.24, 2.45) is 5.92 Å². The fourth-order valence-electron chi connectivity index (χ4n) is 4.77. The standard InChI is InChI=1S/C22H21F2N7O2/c23-12-4-5-14(24)13(7-12)16-6-11(8-25)9-31(16)22(33)19-18-20(26-10-27-21(18)30-29-19)28-15-2-1-3-17(15)32/h4-5,7,10-11,15-17,32H,1-3,6,9H2,(H2,26,27,28,29,30)/t11-,15-,16-,17-/m1/s1. The second-order valence-electron chi connectivity index (χ2n) is 8.47. The Labute approximate surface area is 187 Å². The van der Waals surface area contributed by atoms with Crippen molar-refractivity contribution in [2.45, 2.75) is 43.9 Å². The molecular formula is C22H21F2N7O2. The summed E-state index contributed by atoms with van der Waals surface area (Å²) in [4.78, 5) is 23.3. The topological polar surface area (TPSA) is 131 Å². The number of nitriles is 1. The SMILES string of the molecule is N#C[C@H]1C[C@H](c2cc(F)ccc2F)N(C(=O)c2[nH]nc3ncnc(N[C@@H]4CCC[C@H]4O)c23)C1. The van der Waals surface area contributed by atoms with E-state index in [2.05, 4.69) is 31.6 Å². The Kier molecular flexibility index (Phi) is 5.38. The number of likely N-dealkylation sites (tertiary alicyclic amines) is 1. The number of aromatic nitrogens is 4. The zero-order chi connectivity index (χ0) is 23.1. The molecule has 1 amide bonds. The number of H-pyrrole nitrogens is 1. The highest BCUT2D eigenvalue weighted by molar-refractivity contribution is 6.07. The van der Waals surface area contributed by atoms with E-state index in [-0.39, 0.29) is 35.9 Å². The van der Waals surface area contributed by atoms with Crippen LogP contribution in [0.1, 0.15) is 47.8 Å². The van der Waals surface area contributed by atoms with Gasteiger partial charge < -0.3 is 15.3 Å². The summed E-state index contributed by atoms with van der Waals surface area (Å²) in [7, 11) is 0. The average molecular weight is 453 g/mol. The molecule has 0 bridgehead atoms. The molecule has 2 aromatic heterocycles. The molecule has 2 aliphatic rings. The minimum absolute atomic E-state index is 0.0218. The molecule has 170 valence electrons. The van der Waals surface area contributed by atoms with Gasteiger partial charge in [0.15, 0.2) is 5.65 Å². The van der Waals surface area contributed by atoms with Gasteiger partial charge in [0, 0.05) is 12.1 Å². The number of aliphatic hydroxyl groups is 1. The number of halogens is 2. The van der Waals surface area contributed by atoms with Crippen LogP contribution < -0.4 is 5.32 Å². The van der Waals surface area contributed by atoms with Crippen LogP contribution in [-0.2, 0) is 0 Å². The highest BCUT2D eigenvalue weighted by Crippen LogP contribution is 2.38. The minimum Gasteiger partial charge on any atom is -0.391 e. The number of carbonyl (C=O) groups is 1. The monoisotopic (exact) mass is 453 g/mol. The smallest absolute Gasteiger partial charge is 0.273 e. The normalized spacial score (nSPS) is 24.8. The molecule has 4 atom stereocenters. The molecule has 1 saturated carbocycles. The molecule has 9 nitrogen and oxygen atoms in total. The summed E-state index contributed by atoms with van der Waals surface area (Å²) >= 11 is 0. The van der Waals surface area contributed by atoms with Gasteiger partial charge in [-0.25, -0.2) is 18.7 Å². The van der Waals surface area contributed by atoms with E-state index in [1.54, 1.807) is 0 Å². The molecule has 1 saturated heterocycles. The van der Waals surface area contributed by atoms with Crippen LogP contribution >= 0.6 is 0 Å². The fourth-order valence-corrected chi connectivity index (χ4v) is 4.77. The lowest BCUT2D eigenvalue weighted by Gasteiger charge is -2.25. The van der Waals surface area contributed by atoms with Gasteiger partial charge >= 0.3 is 0 Å². The number of fused-ring (bicyclic) bond motifs is 1. The van der Waals surface area contributed by atoms with Crippen LogP contribution in [0, 0.1) is 28.9 Å². The van der Waals surface area contributed by atoms with E-state index in [4.69, 9.17) is 0 Å². The number of nitrogens with one attached hydrogen (secondary N) is 2. The van der Waals surface area contributed by atoms with Gasteiger partial charge in [0.25, 0.3) is 5.91 Å². The summed E-state index contributed by atoms with van der Waals surface area (Å²) in [6.07, 6.45) is 3.27. The summed E-state index contributed by atoms with van der Waals surface area (Å²) < 4.78 is 28.4. The van der Waals surface area contributed by atoms with E-state index in [1.165, 1.54) is 11.2 Å². The molecule has 1 aliphatic heterocycles. The van der Waals surface area contributed by atoms with Gasteiger partial charge in [-0.1, -0.05) is 0 Å². The van der Waals surface area contributed by atoms with Crippen molar-refractivity contribution in [1.82, 2.24) is 25.1 Å². The fraction of sp³-hybridized carbons (Fsp3) is 0.409. The van der Waals surface area contributed by atoms with Gasteiger partial charge in [0.1, 0.15) is 29.5 Å². The molecule has 33 heavy (non-hydrogen) atoms. The van der Waals surface area contributed by atoms with Gasteiger partial charge in [-0.05, 0) is 43.9 Å². The highest BCUT2D eigenvalue weighted by atomic mass is 19.1. The van der Waals surface area contributed by atoms with E-state index in [0.717, 1.165) is 31.0 Å². The van der Waals surface area contributed by atoms with Crippen molar-refractivity contribution in [2.75, 3.05) is 11.9 Å². The molecule has 3 N–H and O–H groups in total. The quantitative estimate of drug-likeness (QED) is 0.554. The third kappa shape index (κ3) is 3.76. The zero-order valence-corrected chi connectivity index (χ0v) is 17.5. The third-order valence-corrected chi connectivity index (χ3v) is 6.43. The van der Waals surface area contributed by atoms with Crippen molar-refractivity contribution in [3.8, 4) is 6.07 Å². The van der Waals surface area contributed by atoms with Crippen LogP contribution in [0.2, 0.25) is 0 Å². The number of hydrogen-bond acceptors (Lipinski definition) is 7. The summed E-state index contributed by atoms with van der Waals surface area (Å²) in [5.74, 6) is -1.96. The van der Waals surface area contributed by atoms with Gasteiger partial charge in [-0.3, -0.25) is 9.89 Å². The average Bonchev–Trinajstić information content (AvgIpc) is 3.54. The van der Waals surface area contributed by atoms with Gasteiger partial charge in [-0.15, -0.1) is 0 Å². The second kappa shape index (κ2) is 8.37. The first-order valence-electron chi connectivity index (χ1n) is 10.8. The first-order chi connectivity index (χ1) is 16.0. The Bertz CT molecular complexity index is 1260. The van der Waals surface area contributed by atoms with Crippen molar-refractivity contribution in [1.29, 1.82) is 5.26 Å². The molecule has 3 heterocycles. The predicted molar refractivity (Wildman–Crippen MR) is 113 cm³/mol. The Balaban J connectivity index is 1.53. The molecule has 3 aromatic rings. The summed E-state index contributed by atoms with van der Waals surface area (Å²) in [5.41, 5.74) is 0.363. The third-order valence-electron chi connectivity index (χ3n) is 6.43. The summed E-state index contributed by atoms with van der Waals surface area (Å²) in [5, 5.41) is 30.0. The molecule has 11 heteroatoms. The Morgan fingerprint density at radius 3 is 2.91 bits per heavy atom. The van der Waals surface area contributed by atoms with Gasteiger partial charge in [0.2, 0.25) is 0 Å². The first-order valence-corrected chi connectivity index (χ1v) is 10.8. The maximum Gasteiger partial charge on any atom is 0.273 e. The van der Waals surface area contributed by atoms with E-state index in [0.29, 0.717) is 17.6 Å². The maximum absolute atomic E-state index is 14.6. The van der Waals surface area contributed by atoms with Crippen LogP contribution in [-0.4, -0.2) is 54.8 Å². The minimum atomic E-state index is -0.811. The number of nitrogens with zero attached hydrogens (tertiary/aromatic N) is 5. The number of aliphatic hydroxyl groups excluding tert-OH is 1. The van der Waals surface area contributed by atoms with Crippen LogP contribution in [0.5, 0.6) is 0 Å². The number of aromatic amines is 1. The molecule has 1 aromatic carbocycles. The Morgan fingerprint density at radius 1 is 1.30 bits per heavy atom. The molecule has 0 unspecified atom stereocenters. The molecule has 0 radical (unpaired) electrons. The highest BCUT2D eigenvalue weighted by Gasteiger charge is 2.39. The molecule has 0 spiro atoms. The number of carbonyl (C=O) groups excluding carboxylic acids is 1. The lowest BCUT2D eigenvalue weighted by atomic mass is 10.00. The number of hydrogen-bond donors (Lipinski definition) is 3. The van der Waals surface area contributed by atoms with Crippen LogP contribution in [0.4, 0.5) is 14.6 Å². The first kappa shape index (κ1) is 21.2. The number of anilines is 1. The molecule has 1 aliphatic carbocycles. The lowest BCUT2D eigenvalue weighted by Crippen LogP contribution is -2.32. The summed E-state index contributed by atoms with van der Waals surface area (Å²) in [6, 6.07) is 4.18.